The number of benzene rings is 3. The largest absolute Gasteiger partial charge is 0.454 e. The van der Waals surface area contributed by atoms with E-state index < -0.39 is 15.8 Å². The molecule has 194 valence electrons. The molecule has 10 heteroatoms. The molecule has 1 heterocycles. The van der Waals surface area contributed by atoms with Crippen molar-refractivity contribution >= 4 is 33.4 Å². The summed E-state index contributed by atoms with van der Waals surface area (Å²) < 4.78 is 47.0. The van der Waals surface area contributed by atoms with Gasteiger partial charge in [-0.15, -0.1) is 0 Å². The van der Waals surface area contributed by atoms with Crippen molar-refractivity contribution < 1.29 is 22.3 Å². The van der Waals surface area contributed by atoms with Crippen molar-refractivity contribution in [2.24, 2.45) is 0 Å². The molecule has 1 aliphatic carbocycles. The first-order valence-electron chi connectivity index (χ1n) is 11.7. The van der Waals surface area contributed by atoms with Gasteiger partial charge in [0.05, 0.1) is 29.4 Å². The van der Waals surface area contributed by atoms with E-state index >= 15 is 0 Å². The van der Waals surface area contributed by atoms with Crippen LogP contribution in [0.25, 0.3) is 11.8 Å². The number of aromatic nitrogens is 2. The third-order valence-electron chi connectivity index (χ3n) is 6.30. The van der Waals surface area contributed by atoms with Gasteiger partial charge in [0.25, 0.3) is 0 Å². The Labute approximate surface area is 219 Å². The van der Waals surface area contributed by atoms with Gasteiger partial charge in [-0.25, -0.2) is 17.5 Å². The number of hydrogen-bond donors (Lipinski definition) is 2. The van der Waals surface area contributed by atoms with Crippen molar-refractivity contribution in [3.8, 4) is 17.2 Å². The number of carbonyl (C=O) groups excluding carboxylic acids is 1. The molecule has 4 aromatic rings. The molecule has 0 atom stereocenters. The molecule has 0 fully saturated rings. The number of nitrogen functional groups attached to an aromatic ring is 1. The fraction of sp³-hybridized carbons (Fsp3) is 0.143. The number of sulfonamides is 1. The minimum absolute atomic E-state index is 0.117. The second kappa shape index (κ2) is 9.46. The molecule has 0 radical (unpaired) electrons. The molecule has 0 saturated carbocycles. The first-order valence-corrected chi connectivity index (χ1v) is 13.6. The summed E-state index contributed by atoms with van der Waals surface area (Å²) in [6.45, 7) is 3.65. The molecule has 0 saturated heterocycles. The lowest BCUT2D eigenvalue weighted by Gasteiger charge is -2.12. The number of halogens is 1. The smallest absolute Gasteiger partial charge is 0.229 e. The third-order valence-corrected chi connectivity index (χ3v) is 6.89. The third kappa shape index (κ3) is 4.90. The van der Waals surface area contributed by atoms with E-state index in [-0.39, 0.29) is 22.9 Å². The number of hydrogen-bond acceptors (Lipinski definition) is 6. The van der Waals surface area contributed by atoms with E-state index in [4.69, 9.17) is 10.5 Å². The summed E-state index contributed by atoms with van der Waals surface area (Å²) in [5.41, 5.74) is 11.5. The van der Waals surface area contributed by atoms with Crippen molar-refractivity contribution in [1.82, 2.24) is 9.78 Å². The Balaban J connectivity index is 1.39. The van der Waals surface area contributed by atoms with Crippen LogP contribution in [0.3, 0.4) is 0 Å². The maximum absolute atomic E-state index is 14.0. The average molecular weight is 533 g/mol. The molecule has 5 rings (SSSR count). The quantitative estimate of drug-likeness (QED) is 0.316. The van der Waals surface area contributed by atoms with Gasteiger partial charge in [0.15, 0.2) is 17.3 Å². The van der Waals surface area contributed by atoms with Gasteiger partial charge in [-0.1, -0.05) is 18.2 Å². The van der Waals surface area contributed by atoms with Crippen molar-refractivity contribution in [2.75, 3.05) is 16.7 Å². The highest BCUT2D eigenvalue weighted by Gasteiger charge is 2.25. The predicted molar refractivity (Wildman–Crippen MR) is 145 cm³/mol. The normalized spacial score (nSPS) is 12.7. The summed E-state index contributed by atoms with van der Waals surface area (Å²) in [6.07, 6.45) is 4.68. The van der Waals surface area contributed by atoms with Crippen molar-refractivity contribution in [2.45, 2.75) is 20.3 Å². The van der Waals surface area contributed by atoms with Crippen molar-refractivity contribution in [3.05, 3.63) is 100 Å². The molecule has 3 aromatic carbocycles. The van der Waals surface area contributed by atoms with E-state index in [0.717, 1.165) is 28.5 Å². The van der Waals surface area contributed by atoms with E-state index in [1.807, 2.05) is 19.9 Å². The molecule has 0 aliphatic heterocycles. The molecule has 8 nitrogen and oxygen atoms in total. The number of anilines is 2. The molecule has 0 bridgehead atoms. The molecule has 1 aromatic heterocycles. The number of allylic oxidation sites excluding steroid dienone is 1. The van der Waals surface area contributed by atoms with Crippen molar-refractivity contribution in [3.63, 3.8) is 0 Å². The summed E-state index contributed by atoms with van der Waals surface area (Å²) >= 11 is 0. The predicted octanol–water partition coefficient (Wildman–Crippen LogP) is 5.20. The van der Waals surface area contributed by atoms with Crippen LogP contribution >= 0.6 is 0 Å². The molecule has 0 spiro atoms. The fourth-order valence-electron chi connectivity index (χ4n) is 4.45. The summed E-state index contributed by atoms with van der Waals surface area (Å²) in [4.78, 5) is 13.4. The number of nitrogens with zero attached hydrogens (tertiary/aromatic N) is 2. The average Bonchev–Trinajstić information content (AvgIpc) is 3.43. The fourth-order valence-corrected chi connectivity index (χ4v) is 5.07. The number of fused-ring (bicyclic) bond motifs is 1. The lowest BCUT2D eigenvalue weighted by molar-refractivity contribution is 0.103. The Morgan fingerprint density at radius 2 is 1.87 bits per heavy atom. The second-order valence-electron chi connectivity index (χ2n) is 9.25. The van der Waals surface area contributed by atoms with Gasteiger partial charge in [-0.2, -0.15) is 5.10 Å². The molecule has 0 amide bonds. The SMILES string of the molecule is Cc1cc2c(cc1NS(C)(=O)=O)C=C(C(=O)c1cnn(-c3ccc(Oc4ccccc4F)cc3C)c1N)C2. The van der Waals surface area contributed by atoms with Gasteiger partial charge < -0.3 is 10.5 Å². The zero-order chi connectivity index (χ0) is 27.2. The Morgan fingerprint density at radius 3 is 2.58 bits per heavy atom. The number of Topliss-reactive ketones (excluding diaryl/α,β-unsaturated/α-hetero) is 1. The lowest BCUT2D eigenvalue weighted by Crippen LogP contribution is -2.11. The van der Waals surface area contributed by atoms with Crippen LogP contribution < -0.4 is 15.2 Å². The topological polar surface area (TPSA) is 116 Å². The van der Waals surface area contributed by atoms with Crippen LogP contribution in [0.5, 0.6) is 11.5 Å². The lowest BCUT2D eigenvalue weighted by atomic mass is 10.0. The highest BCUT2D eigenvalue weighted by atomic mass is 32.2. The number of carbonyl (C=O) groups is 1. The first-order chi connectivity index (χ1) is 18.0. The molecule has 0 unspecified atom stereocenters. The van der Waals surface area contributed by atoms with E-state index in [1.165, 1.54) is 16.9 Å². The number of nitrogens with one attached hydrogen (secondary N) is 1. The monoisotopic (exact) mass is 532 g/mol. The molecular formula is C28H25FN4O4S. The minimum Gasteiger partial charge on any atom is -0.454 e. The van der Waals surface area contributed by atoms with Crippen LogP contribution in [-0.2, 0) is 16.4 Å². The van der Waals surface area contributed by atoms with Crippen LogP contribution in [-0.4, -0.2) is 30.2 Å². The van der Waals surface area contributed by atoms with E-state index in [0.29, 0.717) is 29.1 Å². The van der Waals surface area contributed by atoms with Gasteiger partial charge in [0.2, 0.25) is 10.0 Å². The summed E-state index contributed by atoms with van der Waals surface area (Å²) in [5.74, 6) is 0.0412. The first kappa shape index (κ1) is 25.2. The molecule has 3 N–H and O–H groups in total. The molecular weight excluding hydrogens is 507 g/mol. The number of nitrogens with two attached hydrogens (primary N) is 1. The van der Waals surface area contributed by atoms with Crippen LogP contribution in [0.2, 0.25) is 0 Å². The number of aryl methyl sites for hydroxylation is 2. The summed E-state index contributed by atoms with van der Waals surface area (Å²) in [7, 11) is -3.43. The Bertz CT molecular complexity index is 1740. The number of rotatable bonds is 7. The summed E-state index contributed by atoms with van der Waals surface area (Å²) in [6, 6.07) is 14.9. The highest BCUT2D eigenvalue weighted by Crippen LogP contribution is 2.34. The Morgan fingerprint density at radius 1 is 1.11 bits per heavy atom. The van der Waals surface area contributed by atoms with E-state index in [1.54, 1.807) is 48.5 Å². The maximum Gasteiger partial charge on any atom is 0.229 e. The van der Waals surface area contributed by atoms with Gasteiger partial charge in [-0.3, -0.25) is 9.52 Å². The van der Waals surface area contributed by atoms with Crippen LogP contribution in [0, 0.1) is 19.7 Å². The maximum atomic E-state index is 14.0. The van der Waals surface area contributed by atoms with Crippen LogP contribution in [0.1, 0.15) is 32.6 Å². The zero-order valence-corrected chi connectivity index (χ0v) is 21.8. The van der Waals surface area contributed by atoms with E-state index in [9.17, 15) is 17.6 Å². The highest BCUT2D eigenvalue weighted by molar-refractivity contribution is 7.92. The second-order valence-corrected chi connectivity index (χ2v) is 11.0. The zero-order valence-electron chi connectivity index (χ0n) is 20.9. The number of ether oxygens (including phenoxy) is 1. The molecule has 1 aliphatic rings. The van der Waals surface area contributed by atoms with Gasteiger partial charge >= 0.3 is 0 Å². The number of para-hydroxylation sites is 1. The van der Waals surface area contributed by atoms with Crippen LogP contribution in [0.15, 0.2) is 66.4 Å². The van der Waals surface area contributed by atoms with Gasteiger partial charge in [0, 0.05) is 12.0 Å². The van der Waals surface area contributed by atoms with Gasteiger partial charge in [-0.05, 0) is 78.6 Å². The molecule has 38 heavy (non-hydrogen) atoms. The Kier molecular flexibility index (Phi) is 6.28. The Hall–Kier alpha value is -4.44. The minimum atomic E-state index is -3.43. The van der Waals surface area contributed by atoms with Crippen LogP contribution in [0.4, 0.5) is 15.9 Å². The standard InChI is InChI=1S/C28H25FN4O4S/c1-16-10-18-12-20(13-19(18)14-24(16)32-38(3,35)36)27(34)22-15-31-33(28(22)30)25-9-8-21(11-17(25)2)37-26-7-5-4-6-23(26)29/h4-11,13-15,32H,12,30H2,1-3H3. The number of ketones is 1. The van der Waals surface area contributed by atoms with E-state index in [2.05, 4.69) is 9.82 Å². The van der Waals surface area contributed by atoms with Gasteiger partial charge in [0.1, 0.15) is 11.6 Å². The van der Waals surface area contributed by atoms with Crippen molar-refractivity contribution in [1.29, 1.82) is 0 Å². The summed E-state index contributed by atoms with van der Waals surface area (Å²) in [5, 5.41) is 4.35.